The van der Waals surface area contributed by atoms with E-state index in [-0.39, 0.29) is 33.3 Å². The molecule has 2 aliphatic heterocycles. The number of hydrazine groups is 1. The predicted octanol–water partition coefficient (Wildman–Crippen LogP) is 6.14. The number of carbonyl (C=O) groups excluding carboxylic acids is 4. The van der Waals surface area contributed by atoms with Crippen LogP contribution in [0.1, 0.15) is 108 Å². The van der Waals surface area contributed by atoms with Crippen molar-refractivity contribution >= 4 is 39.1 Å². The normalized spacial score (nSPS) is 13.7. The van der Waals surface area contributed by atoms with Gasteiger partial charge in [-0.15, -0.1) is 0 Å². The van der Waals surface area contributed by atoms with E-state index in [1.807, 2.05) is 20.8 Å². The highest BCUT2D eigenvalue weighted by Gasteiger charge is 2.33. The molecule has 23 heteroatoms. The molecule has 398 valence electrons. The Labute approximate surface area is 428 Å². The Morgan fingerprint density at radius 3 is 2.08 bits per heavy atom. The molecule has 7 rings (SSSR count). The number of methoxy groups -OCH3 is 1. The summed E-state index contributed by atoms with van der Waals surface area (Å²) in [6.45, 7) is 17.3. The van der Waals surface area contributed by atoms with Gasteiger partial charge in [-0.05, 0) is 100 Å². The third kappa shape index (κ3) is 13.2. The van der Waals surface area contributed by atoms with E-state index in [2.05, 4.69) is 53.6 Å². The number of H-pyrrole nitrogens is 1. The number of amides is 2. The molecule has 2 amide bonds. The van der Waals surface area contributed by atoms with E-state index in [1.54, 1.807) is 52.9 Å². The lowest BCUT2D eigenvalue weighted by molar-refractivity contribution is -0.143. The third-order valence-electron chi connectivity index (χ3n) is 12.0. The summed E-state index contributed by atoms with van der Waals surface area (Å²) in [6.07, 6.45) is 3.98. The van der Waals surface area contributed by atoms with Crippen molar-refractivity contribution in [1.29, 1.82) is 0 Å². The van der Waals surface area contributed by atoms with Gasteiger partial charge in [-0.3, -0.25) is 34.1 Å². The number of rotatable bonds is 14. The third-order valence-corrected chi connectivity index (χ3v) is 13.1. The van der Waals surface area contributed by atoms with Crippen LogP contribution in [0.2, 0.25) is 0 Å². The molecule has 2 aromatic heterocycles. The molecule has 2 aliphatic rings. The van der Waals surface area contributed by atoms with Crippen LogP contribution in [0.5, 0.6) is 11.6 Å². The molecule has 3 aromatic carbocycles. The molecule has 1 atom stereocenters. The lowest BCUT2D eigenvalue weighted by atomic mass is 9.91. The zero-order chi connectivity index (χ0) is 54.7. The molecule has 0 saturated heterocycles. The number of aromatic nitrogens is 4. The number of ketones is 2. The Kier molecular flexibility index (Phi) is 19.4. The van der Waals surface area contributed by atoms with Crippen LogP contribution in [0.15, 0.2) is 84.8 Å². The van der Waals surface area contributed by atoms with E-state index >= 15 is 0 Å². The van der Waals surface area contributed by atoms with Crippen molar-refractivity contribution in [3.63, 3.8) is 0 Å². The number of benzene rings is 3. The van der Waals surface area contributed by atoms with Gasteiger partial charge in [0.1, 0.15) is 23.5 Å². The fourth-order valence-corrected chi connectivity index (χ4v) is 9.08. The topological polar surface area (TPSA) is 288 Å². The molecular weight excluding hydrogens is 979 g/mol. The molecule has 0 bridgehead atoms. The molecule has 0 radical (unpaired) electrons. The minimum absolute atomic E-state index is 0.00623. The first-order chi connectivity index (χ1) is 35.0. The van der Waals surface area contributed by atoms with Gasteiger partial charge in [0.05, 0.1) is 55.0 Å². The second kappa shape index (κ2) is 25.0. The molecule has 0 spiro atoms. The van der Waals surface area contributed by atoms with Crippen LogP contribution in [-0.4, -0.2) is 96.1 Å². The number of sulfone groups is 1. The van der Waals surface area contributed by atoms with Crippen LogP contribution in [0, 0.1) is 19.3 Å². The molecule has 4 N–H and O–H groups in total. The lowest BCUT2D eigenvalue weighted by Crippen LogP contribution is -2.27. The van der Waals surface area contributed by atoms with Crippen LogP contribution in [0.25, 0.3) is 11.1 Å². The number of nitrogens with zero attached hydrogens (tertiary/aromatic N) is 6. The number of nitrogens with two attached hydrogens (primary N) is 1. The number of hydrogen-bond acceptors (Lipinski definition) is 16. The van der Waals surface area contributed by atoms with Crippen molar-refractivity contribution in [2.75, 3.05) is 33.2 Å². The largest absolute Gasteiger partial charge is 0.496 e. The van der Waals surface area contributed by atoms with Gasteiger partial charge in [-0.25, -0.2) is 28.4 Å². The predicted molar refractivity (Wildman–Crippen MR) is 274 cm³/mol. The number of para-hydroxylation sites is 1. The minimum atomic E-state index is -3.52. The summed E-state index contributed by atoms with van der Waals surface area (Å²) < 4.78 is 45.5. The number of aromatic amines is 1. The van der Waals surface area contributed by atoms with Crippen molar-refractivity contribution in [3.8, 4) is 22.8 Å². The summed E-state index contributed by atoms with van der Waals surface area (Å²) in [5, 5.41) is 12.8. The number of hydrogen-bond donors (Lipinski definition) is 3. The lowest BCUT2D eigenvalue weighted by Gasteiger charge is -2.19. The molecule has 5 aromatic rings. The van der Waals surface area contributed by atoms with E-state index in [9.17, 15) is 37.2 Å². The van der Waals surface area contributed by atoms with Gasteiger partial charge in [0.25, 0.3) is 11.1 Å². The van der Waals surface area contributed by atoms with Crippen LogP contribution in [0.3, 0.4) is 0 Å². The molecule has 0 fully saturated rings. The maximum absolute atomic E-state index is 13.5. The summed E-state index contributed by atoms with van der Waals surface area (Å²) in [7, 11) is -0.544. The van der Waals surface area contributed by atoms with Gasteiger partial charge in [0.15, 0.2) is 21.7 Å². The number of oxime groups is 1. The van der Waals surface area contributed by atoms with Crippen LogP contribution in [-0.2, 0) is 62.0 Å². The molecule has 0 aliphatic carbocycles. The fourth-order valence-electron chi connectivity index (χ4n) is 8.13. The maximum Gasteiger partial charge on any atom is 0.376 e. The van der Waals surface area contributed by atoms with Crippen LogP contribution < -0.4 is 31.9 Å². The van der Waals surface area contributed by atoms with Crippen molar-refractivity contribution in [2.45, 2.75) is 105 Å². The first-order valence-corrected chi connectivity index (χ1v) is 25.8. The van der Waals surface area contributed by atoms with Gasteiger partial charge in [0, 0.05) is 42.3 Å². The summed E-state index contributed by atoms with van der Waals surface area (Å²) in [6, 6.07) is 12.9. The quantitative estimate of drug-likeness (QED) is 0.0281. The highest BCUT2D eigenvalue weighted by atomic mass is 32.2. The zero-order valence-electron chi connectivity index (χ0n) is 43.6. The van der Waals surface area contributed by atoms with Gasteiger partial charge in [0.2, 0.25) is 11.7 Å². The number of Topliss-reactive ketones (excluding diaryl/α,β-unsaturated/α-hetero) is 1. The van der Waals surface area contributed by atoms with E-state index in [0.717, 1.165) is 35.8 Å². The Hall–Kier alpha value is -7.50. The first kappa shape index (κ1) is 57.4. The highest BCUT2D eigenvalue weighted by Crippen LogP contribution is 2.37. The monoisotopic (exact) mass is 1040 g/mol. The van der Waals surface area contributed by atoms with Gasteiger partial charge in [-0.1, -0.05) is 60.9 Å². The van der Waals surface area contributed by atoms with E-state index in [4.69, 9.17) is 29.7 Å². The summed E-state index contributed by atoms with van der Waals surface area (Å²) in [5.74, 6) is 4.47. The highest BCUT2D eigenvalue weighted by molar-refractivity contribution is 7.90. The first-order valence-electron chi connectivity index (χ1n) is 23.9. The number of esters is 1. The molecular formula is C51H65N9O13S. The number of nitrogens with one attached hydrogen (secondary N) is 2. The smallest absolute Gasteiger partial charge is 0.376 e. The Morgan fingerprint density at radius 1 is 0.892 bits per heavy atom. The maximum atomic E-state index is 13.5. The summed E-state index contributed by atoms with van der Waals surface area (Å²) in [5.41, 5.74) is 7.23. The number of urea groups is 1. The Bertz CT molecular complexity index is 3170. The number of ether oxygens (including phenoxy) is 3. The van der Waals surface area contributed by atoms with Crippen molar-refractivity contribution in [3.05, 3.63) is 120 Å². The summed E-state index contributed by atoms with van der Waals surface area (Å²) in [4.78, 5) is 84.1. The van der Waals surface area contributed by atoms with Gasteiger partial charge < -0.3 is 29.0 Å². The van der Waals surface area contributed by atoms with Gasteiger partial charge >= 0.3 is 12.0 Å². The Morgan fingerprint density at radius 2 is 1.54 bits per heavy atom. The molecule has 1 unspecified atom stereocenters. The number of fused-ring (bicyclic) bond motifs is 1. The zero-order valence-corrected chi connectivity index (χ0v) is 44.4. The van der Waals surface area contributed by atoms with Crippen molar-refractivity contribution in [1.82, 2.24) is 24.6 Å². The Balaban J connectivity index is 0.000000209. The second-order valence-electron chi connectivity index (χ2n) is 18.2. The average molecular weight is 1040 g/mol. The van der Waals surface area contributed by atoms with Crippen LogP contribution >= 0.6 is 0 Å². The average Bonchev–Trinajstić information content (AvgIpc) is 4.02. The number of carbonyl (C=O) groups is 4. The SMILES string of the molecule is CCC(ON=NC(=O)NN)C(=O)c1ccccc1OC.CCc1cc(C)cc(CC)c1-c1c(OC(=O)C(C)(C)C)n2n(c1=O)CCOCC2.Cc1c(C(=O)c2c[nH]n(C)c2=O)ccc(S(C)(=O)=O)c1C1=NOCC1. The van der Waals surface area contributed by atoms with Gasteiger partial charge in [-0.2, -0.15) is 0 Å². The standard InChI is InChI=1S/C23H32N2O4.C16H17N3O5S.C12H16N4O4/c1-7-16-13-15(3)14-17(8-2)18(16)19-20(26)24-9-11-28-12-10-25(24)21(19)29-22(27)23(4,5)6;1-9-10(15(20)11-8-17-19(2)16(11)21)4-5-13(25(3,22)23)14(9)12-6-7-24-18-12;1-3-9(20-16-15-12(18)14-13)11(17)8-6-4-5-7-10(8)19-2/h13-14H,7-12H2,1-6H3;4-5,8,17H,6-7H2,1-3H3;4-7,9H,3,13H2,1-2H3,(H,14,18). The molecule has 4 heterocycles. The fraction of sp³-hybridized carbons (Fsp3) is 0.431. The van der Waals surface area contributed by atoms with E-state index in [0.29, 0.717) is 85.3 Å². The molecule has 74 heavy (non-hydrogen) atoms. The molecule has 0 saturated carbocycles. The second-order valence-corrected chi connectivity index (χ2v) is 20.2. The minimum Gasteiger partial charge on any atom is -0.496 e. The van der Waals surface area contributed by atoms with E-state index in [1.165, 1.54) is 42.7 Å². The van der Waals surface area contributed by atoms with E-state index < -0.39 is 38.7 Å². The number of aryl methyl sites for hydroxylation is 4. The van der Waals surface area contributed by atoms with Crippen molar-refractivity contribution < 1.29 is 51.5 Å². The summed E-state index contributed by atoms with van der Waals surface area (Å²) >= 11 is 0. The molecule has 22 nitrogen and oxygen atoms in total. The van der Waals surface area contributed by atoms with Crippen LogP contribution in [0.4, 0.5) is 4.79 Å². The van der Waals surface area contributed by atoms with Crippen molar-refractivity contribution in [2.24, 2.45) is 33.9 Å².